The molecule has 8 nitrogen and oxygen atoms in total. The summed E-state index contributed by atoms with van der Waals surface area (Å²) in [4.78, 5) is 31.1. The highest BCUT2D eigenvalue weighted by molar-refractivity contribution is 9.10. The van der Waals surface area contributed by atoms with Crippen LogP contribution in [0.3, 0.4) is 0 Å². The maximum atomic E-state index is 12.0. The number of rotatable bonds is 5. The Balaban J connectivity index is 2.06. The van der Waals surface area contributed by atoms with E-state index in [1.165, 1.54) is 18.2 Å². The van der Waals surface area contributed by atoms with E-state index in [-0.39, 0.29) is 16.6 Å². The second-order valence-electron chi connectivity index (χ2n) is 5.93. The van der Waals surface area contributed by atoms with Crippen molar-refractivity contribution in [2.24, 2.45) is 0 Å². The SMILES string of the molecule is C[C@@H](NC(c1cccc2nc([O-])c([O-])nc12)P(=O)([O-])[O-])c1ccc(Br)cc1. The number of halogens is 1. The molecule has 3 rings (SSSR count). The molecule has 0 radical (unpaired) electrons. The van der Waals surface area contributed by atoms with Crippen molar-refractivity contribution in [1.29, 1.82) is 0 Å². The van der Waals surface area contributed by atoms with Crippen LogP contribution in [-0.4, -0.2) is 9.97 Å². The molecule has 1 aromatic heterocycles. The van der Waals surface area contributed by atoms with E-state index in [1.807, 2.05) is 0 Å². The quantitative estimate of drug-likeness (QED) is 0.562. The predicted octanol–water partition coefficient (Wildman–Crippen LogP) is 0.803. The summed E-state index contributed by atoms with van der Waals surface area (Å²) in [5.41, 5.74) is 0.701. The molecule has 2 aromatic carbocycles. The molecule has 0 spiro atoms. The summed E-state index contributed by atoms with van der Waals surface area (Å²) in [5.74, 6) is -3.80. The van der Waals surface area contributed by atoms with Gasteiger partial charge >= 0.3 is 0 Å². The Bertz CT molecular complexity index is 1030. The van der Waals surface area contributed by atoms with Gasteiger partial charge in [-0.25, -0.2) is 0 Å². The number of fused-ring (bicyclic) bond motifs is 1. The molecular formula is C17H13BrN3O5P-4. The second kappa shape index (κ2) is 7.53. The molecule has 142 valence electrons. The van der Waals surface area contributed by atoms with Crippen molar-refractivity contribution >= 4 is 34.6 Å². The number of hydrogen-bond donors (Lipinski definition) is 1. The largest absolute Gasteiger partial charge is 0.858 e. The van der Waals surface area contributed by atoms with Crippen LogP contribution in [0.2, 0.25) is 0 Å². The normalized spacial score (nSPS) is 14.2. The van der Waals surface area contributed by atoms with Crippen LogP contribution in [0.4, 0.5) is 0 Å². The fourth-order valence-electron chi connectivity index (χ4n) is 2.72. The first-order valence-electron chi connectivity index (χ1n) is 7.85. The molecule has 2 atom stereocenters. The lowest BCUT2D eigenvalue weighted by Crippen LogP contribution is -2.33. The molecule has 0 aliphatic heterocycles. The second-order valence-corrected chi connectivity index (χ2v) is 8.44. The van der Waals surface area contributed by atoms with Crippen LogP contribution < -0.4 is 25.3 Å². The lowest BCUT2D eigenvalue weighted by molar-refractivity contribution is -0.325. The Hall–Kier alpha value is -2.03. The molecule has 0 saturated carbocycles. The minimum absolute atomic E-state index is 0.0191. The van der Waals surface area contributed by atoms with Crippen molar-refractivity contribution in [1.82, 2.24) is 15.3 Å². The number of nitrogens with zero attached hydrogens (tertiary/aromatic N) is 2. The van der Waals surface area contributed by atoms with E-state index in [0.717, 1.165) is 10.0 Å². The smallest absolute Gasteiger partial charge is 0.0930 e. The lowest BCUT2D eigenvalue weighted by atomic mass is 10.1. The Labute approximate surface area is 163 Å². The van der Waals surface area contributed by atoms with Crippen molar-refractivity contribution in [3.63, 3.8) is 0 Å². The van der Waals surface area contributed by atoms with E-state index in [9.17, 15) is 24.6 Å². The van der Waals surface area contributed by atoms with Gasteiger partial charge in [0, 0.05) is 16.1 Å². The van der Waals surface area contributed by atoms with E-state index in [2.05, 4.69) is 31.2 Å². The zero-order valence-electron chi connectivity index (χ0n) is 14.0. The molecule has 1 N–H and O–H groups in total. The van der Waals surface area contributed by atoms with E-state index in [4.69, 9.17) is 0 Å². The first-order chi connectivity index (χ1) is 12.7. The summed E-state index contributed by atoms with van der Waals surface area (Å²) < 4.78 is 12.8. The van der Waals surface area contributed by atoms with Crippen LogP contribution in [0, 0.1) is 0 Å². The van der Waals surface area contributed by atoms with Crippen molar-refractivity contribution in [3.05, 3.63) is 58.1 Å². The monoisotopic (exact) mass is 449 g/mol. The van der Waals surface area contributed by atoms with Crippen LogP contribution in [0.15, 0.2) is 46.9 Å². The predicted molar refractivity (Wildman–Crippen MR) is 94.5 cm³/mol. The van der Waals surface area contributed by atoms with Crippen LogP contribution in [0.1, 0.15) is 29.9 Å². The minimum atomic E-state index is -5.18. The summed E-state index contributed by atoms with van der Waals surface area (Å²) in [6, 6.07) is 10.9. The molecule has 1 heterocycles. The molecule has 0 aliphatic rings. The third kappa shape index (κ3) is 4.28. The molecule has 0 amide bonds. The van der Waals surface area contributed by atoms with Crippen molar-refractivity contribution in [2.75, 3.05) is 0 Å². The van der Waals surface area contributed by atoms with Gasteiger partial charge in [-0.3, -0.25) is 15.3 Å². The first-order valence-corrected chi connectivity index (χ1v) is 10.2. The van der Waals surface area contributed by atoms with Gasteiger partial charge in [0.1, 0.15) is 0 Å². The van der Waals surface area contributed by atoms with Gasteiger partial charge in [-0.05, 0) is 50.0 Å². The zero-order valence-corrected chi connectivity index (χ0v) is 16.4. The zero-order chi connectivity index (χ0) is 19.8. The van der Waals surface area contributed by atoms with E-state index >= 15 is 0 Å². The number of nitrogens with one attached hydrogen (secondary N) is 1. The maximum absolute atomic E-state index is 12.0. The van der Waals surface area contributed by atoms with E-state index in [0.29, 0.717) is 0 Å². The fourth-order valence-corrected chi connectivity index (χ4v) is 3.94. The van der Waals surface area contributed by atoms with Gasteiger partial charge in [0.25, 0.3) is 0 Å². The fraction of sp³-hybridized carbons (Fsp3) is 0.176. The lowest BCUT2D eigenvalue weighted by Gasteiger charge is -2.41. The Morgan fingerprint density at radius 1 is 1.04 bits per heavy atom. The summed E-state index contributed by atoms with van der Waals surface area (Å²) in [6.45, 7) is 1.71. The molecule has 0 bridgehead atoms. The van der Waals surface area contributed by atoms with E-state index < -0.39 is 31.2 Å². The van der Waals surface area contributed by atoms with Gasteiger partial charge in [-0.2, -0.15) is 0 Å². The molecule has 3 aromatic rings. The average Bonchev–Trinajstić information content (AvgIpc) is 2.60. The van der Waals surface area contributed by atoms with Crippen molar-refractivity contribution in [2.45, 2.75) is 18.7 Å². The number of hydrogen-bond acceptors (Lipinski definition) is 8. The van der Waals surface area contributed by atoms with Gasteiger partial charge in [-0.15, -0.1) is 0 Å². The highest BCUT2D eigenvalue weighted by Crippen LogP contribution is 2.45. The molecule has 10 heteroatoms. The summed E-state index contributed by atoms with van der Waals surface area (Å²) in [7, 11) is -5.18. The number of aromatic nitrogens is 2. The average molecular weight is 450 g/mol. The Morgan fingerprint density at radius 3 is 2.30 bits per heavy atom. The topological polar surface area (TPSA) is 147 Å². The van der Waals surface area contributed by atoms with Gasteiger partial charge < -0.3 is 24.6 Å². The Morgan fingerprint density at radius 2 is 1.67 bits per heavy atom. The summed E-state index contributed by atoms with van der Waals surface area (Å²) >= 11 is 3.32. The van der Waals surface area contributed by atoms with Crippen LogP contribution in [-0.2, 0) is 4.57 Å². The highest BCUT2D eigenvalue weighted by atomic mass is 79.9. The third-order valence-corrected chi connectivity index (χ3v) is 5.64. The highest BCUT2D eigenvalue weighted by Gasteiger charge is 2.22. The van der Waals surface area contributed by atoms with Crippen molar-refractivity contribution in [3.8, 4) is 11.8 Å². The van der Waals surface area contributed by atoms with Gasteiger partial charge in [0.05, 0.1) is 16.8 Å². The van der Waals surface area contributed by atoms with Crippen LogP contribution >= 0.6 is 23.5 Å². The maximum Gasteiger partial charge on any atom is 0.0930 e. The summed E-state index contributed by atoms with van der Waals surface area (Å²) in [5, 5.41) is 25.8. The molecule has 0 aliphatic carbocycles. The standard InChI is InChI=1S/C17H17BrN3O5P/c1-9(10-5-7-11(18)8-6-10)19-17(27(24,25)26)12-3-2-4-13-14(12)21-16(23)15(22)20-13/h2-9,17,19H,1H3,(H,20,22)(H,21,23)(H2,24,25,26)/p-4/t9-,17?/m1/s1. The first kappa shape index (κ1) is 19.7. The van der Waals surface area contributed by atoms with E-state index in [1.54, 1.807) is 31.2 Å². The molecule has 0 fully saturated rings. The molecule has 1 unspecified atom stereocenters. The Kier molecular flexibility index (Phi) is 5.50. The van der Waals surface area contributed by atoms with Crippen molar-refractivity contribution < 1.29 is 24.6 Å². The third-order valence-electron chi connectivity index (χ3n) is 4.05. The van der Waals surface area contributed by atoms with Gasteiger partial charge in [0.2, 0.25) is 0 Å². The van der Waals surface area contributed by atoms with Crippen LogP contribution in [0.5, 0.6) is 11.8 Å². The number of benzene rings is 2. The van der Waals surface area contributed by atoms with Gasteiger partial charge in [0.15, 0.2) is 0 Å². The van der Waals surface area contributed by atoms with Gasteiger partial charge in [-0.1, -0.05) is 40.2 Å². The molecule has 0 saturated heterocycles. The summed E-state index contributed by atoms with van der Waals surface area (Å²) in [6.07, 6.45) is 0. The minimum Gasteiger partial charge on any atom is -0.858 e. The van der Waals surface area contributed by atoms with Crippen LogP contribution in [0.25, 0.3) is 11.0 Å². The number of para-hydroxylation sites is 1. The molecule has 27 heavy (non-hydrogen) atoms. The molecular weight excluding hydrogens is 437 g/mol.